The van der Waals surface area contributed by atoms with E-state index in [0.29, 0.717) is 13.1 Å². The van der Waals surface area contributed by atoms with Crippen LogP contribution in [-0.4, -0.2) is 34.4 Å². The number of likely N-dealkylation sites (tertiary alicyclic amines) is 1. The summed E-state index contributed by atoms with van der Waals surface area (Å²) in [5, 5.41) is 2.05. The van der Waals surface area contributed by atoms with Gasteiger partial charge in [-0.1, -0.05) is 0 Å². The van der Waals surface area contributed by atoms with E-state index in [-0.39, 0.29) is 23.8 Å². The van der Waals surface area contributed by atoms with E-state index in [2.05, 4.69) is 0 Å². The number of nitrogens with one attached hydrogen (secondary N) is 1. The molecule has 0 aliphatic carbocycles. The van der Waals surface area contributed by atoms with Crippen molar-refractivity contribution >= 4 is 17.5 Å². The quantitative estimate of drug-likeness (QED) is 0.673. The number of amides is 2. The van der Waals surface area contributed by atoms with Crippen LogP contribution in [-0.2, 0) is 19.4 Å². The van der Waals surface area contributed by atoms with Crippen LogP contribution in [0, 0.1) is 0 Å². The van der Waals surface area contributed by atoms with Crippen LogP contribution in [0.5, 0.6) is 0 Å². The summed E-state index contributed by atoms with van der Waals surface area (Å²) in [5.41, 5.74) is -5.45. The fourth-order valence-corrected chi connectivity index (χ4v) is 3.48. The lowest BCUT2D eigenvalue weighted by Gasteiger charge is -2.27. The highest BCUT2D eigenvalue weighted by Gasteiger charge is 2.37. The Bertz CT molecular complexity index is 1100. The number of nitrogens with zero attached hydrogens (tertiary/aromatic N) is 2. The summed E-state index contributed by atoms with van der Waals surface area (Å²) >= 11 is 0. The monoisotopic (exact) mass is 475 g/mol. The molecule has 6 nitrogen and oxygen atoms in total. The van der Waals surface area contributed by atoms with E-state index < -0.39 is 52.1 Å². The van der Waals surface area contributed by atoms with Gasteiger partial charge in [0.1, 0.15) is 5.69 Å². The van der Waals surface area contributed by atoms with Gasteiger partial charge in [0.15, 0.2) is 0 Å². The largest absolute Gasteiger partial charge is 0.416 e. The number of carbonyl (C=O) groups excluding carboxylic acids is 2. The molecule has 1 N–H and O–H groups in total. The summed E-state index contributed by atoms with van der Waals surface area (Å²) in [6.07, 6.45) is -6.44. The smallest absolute Gasteiger partial charge is 0.339 e. The first-order chi connectivity index (χ1) is 15.3. The molecule has 178 valence electrons. The third-order valence-corrected chi connectivity index (χ3v) is 5.17. The summed E-state index contributed by atoms with van der Waals surface area (Å²) < 4.78 is 79.4. The molecule has 0 atom stereocenters. The molecular weight excluding hydrogens is 456 g/mol. The van der Waals surface area contributed by atoms with Crippen molar-refractivity contribution < 1.29 is 35.9 Å². The highest BCUT2D eigenvalue weighted by molar-refractivity contribution is 6.05. The molecule has 2 amide bonds. The lowest BCUT2D eigenvalue weighted by Crippen LogP contribution is -2.36. The standard InChI is InChI=1S/C21H19F6N3O3/c1-29-11-13(18(32)30-5-3-2-4-6-30)9-16(19(29)33)28-17(31)12-7-14(20(22,23)24)10-15(8-12)21(25,26)27/h7-11H,2-6H2,1H3,(H,28,31). The molecule has 1 aliphatic heterocycles. The summed E-state index contributed by atoms with van der Waals surface area (Å²) in [5.74, 6) is -1.76. The number of aromatic nitrogens is 1. The highest BCUT2D eigenvalue weighted by atomic mass is 19.4. The van der Waals surface area contributed by atoms with Crippen molar-refractivity contribution in [2.24, 2.45) is 7.05 Å². The van der Waals surface area contributed by atoms with Crippen molar-refractivity contribution in [1.82, 2.24) is 9.47 Å². The molecule has 1 aromatic heterocycles. The molecule has 1 aliphatic rings. The van der Waals surface area contributed by atoms with Crippen LogP contribution in [0.3, 0.4) is 0 Å². The van der Waals surface area contributed by atoms with Crippen molar-refractivity contribution in [3.05, 3.63) is 63.1 Å². The van der Waals surface area contributed by atoms with Gasteiger partial charge >= 0.3 is 12.4 Å². The van der Waals surface area contributed by atoms with E-state index in [1.165, 1.54) is 13.2 Å². The zero-order valence-electron chi connectivity index (χ0n) is 17.3. The first kappa shape index (κ1) is 24.3. The van der Waals surface area contributed by atoms with Crippen molar-refractivity contribution in [3.8, 4) is 0 Å². The van der Waals surface area contributed by atoms with Gasteiger partial charge in [-0.25, -0.2) is 0 Å². The number of alkyl halides is 6. The molecule has 1 aromatic carbocycles. The number of halogens is 6. The van der Waals surface area contributed by atoms with Gasteiger partial charge in [-0.2, -0.15) is 26.3 Å². The van der Waals surface area contributed by atoms with Crippen molar-refractivity contribution in [3.63, 3.8) is 0 Å². The average Bonchev–Trinajstić information content (AvgIpc) is 2.75. The molecule has 12 heteroatoms. The van der Waals surface area contributed by atoms with Crippen LogP contribution in [0.15, 0.2) is 35.3 Å². The summed E-state index contributed by atoms with van der Waals surface area (Å²) in [6.45, 7) is 1.02. The normalized spacial score (nSPS) is 14.8. The van der Waals surface area contributed by atoms with Crippen LogP contribution >= 0.6 is 0 Å². The van der Waals surface area contributed by atoms with E-state index >= 15 is 0 Å². The van der Waals surface area contributed by atoms with Crippen molar-refractivity contribution in [2.75, 3.05) is 18.4 Å². The Morgan fingerprint density at radius 2 is 1.39 bits per heavy atom. The number of hydrogen-bond donors (Lipinski definition) is 1. The van der Waals surface area contributed by atoms with E-state index in [9.17, 15) is 40.7 Å². The number of piperidine rings is 1. The summed E-state index contributed by atoms with van der Waals surface area (Å²) in [6, 6.07) is 1.48. The predicted molar refractivity (Wildman–Crippen MR) is 106 cm³/mol. The maximum Gasteiger partial charge on any atom is 0.416 e. The molecule has 2 heterocycles. The number of pyridine rings is 1. The maximum atomic E-state index is 13.1. The number of hydrogen-bond acceptors (Lipinski definition) is 3. The number of benzene rings is 1. The third kappa shape index (κ3) is 5.55. The molecule has 0 spiro atoms. The molecule has 33 heavy (non-hydrogen) atoms. The Labute approximate surface area is 183 Å². The van der Waals surface area contributed by atoms with Crippen LogP contribution in [0.4, 0.5) is 32.0 Å². The van der Waals surface area contributed by atoms with Crippen molar-refractivity contribution in [2.45, 2.75) is 31.6 Å². The van der Waals surface area contributed by atoms with Gasteiger partial charge in [0.25, 0.3) is 17.4 Å². The molecule has 0 unspecified atom stereocenters. The minimum absolute atomic E-state index is 0.0503. The van der Waals surface area contributed by atoms with Crippen LogP contribution < -0.4 is 10.9 Å². The molecule has 3 rings (SSSR count). The summed E-state index contributed by atoms with van der Waals surface area (Å²) in [7, 11) is 1.30. The number of carbonyl (C=O) groups is 2. The number of rotatable bonds is 3. The van der Waals surface area contributed by atoms with Gasteiger partial charge in [0.2, 0.25) is 0 Å². The first-order valence-electron chi connectivity index (χ1n) is 9.88. The topological polar surface area (TPSA) is 71.4 Å². The van der Waals surface area contributed by atoms with Crippen LogP contribution in [0.1, 0.15) is 51.1 Å². The fourth-order valence-electron chi connectivity index (χ4n) is 3.48. The Morgan fingerprint density at radius 1 is 0.848 bits per heavy atom. The van der Waals surface area contributed by atoms with Crippen LogP contribution in [0.25, 0.3) is 0 Å². The summed E-state index contributed by atoms with van der Waals surface area (Å²) in [4.78, 5) is 39.2. The zero-order chi connectivity index (χ0) is 24.6. The van der Waals surface area contributed by atoms with Gasteiger partial charge in [0.05, 0.1) is 16.7 Å². The van der Waals surface area contributed by atoms with Crippen LogP contribution in [0.2, 0.25) is 0 Å². The number of aryl methyl sites for hydroxylation is 1. The minimum atomic E-state index is -5.13. The highest BCUT2D eigenvalue weighted by Crippen LogP contribution is 2.36. The molecule has 0 bridgehead atoms. The second-order valence-electron chi connectivity index (χ2n) is 7.66. The van der Waals surface area contributed by atoms with Gasteiger partial charge in [-0.05, 0) is 43.5 Å². The van der Waals surface area contributed by atoms with E-state index in [4.69, 9.17) is 0 Å². The Hall–Kier alpha value is -3.31. The predicted octanol–water partition coefficient (Wildman–Crippen LogP) is 4.30. The fraction of sp³-hybridized carbons (Fsp3) is 0.381. The van der Waals surface area contributed by atoms with E-state index in [0.717, 1.165) is 29.9 Å². The number of anilines is 1. The average molecular weight is 475 g/mol. The molecule has 0 radical (unpaired) electrons. The Kier molecular flexibility index (Phi) is 6.57. The molecule has 1 saturated heterocycles. The third-order valence-electron chi connectivity index (χ3n) is 5.17. The molecule has 0 saturated carbocycles. The lowest BCUT2D eigenvalue weighted by molar-refractivity contribution is -0.143. The van der Waals surface area contributed by atoms with Gasteiger partial charge < -0.3 is 14.8 Å². The molecule has 1 fully saturated rings. The maximum absolute atomic E-state index is 13.1. The van der Waals surface area contributed by atoms with Gasteiger partial charge in [0, 0.05) is 31.9 Å². The SMILES string of the molecule is Cn1cc(C(=O)N2CCCCC2)cc(NC(=O)c2cc(C(F)(F)F)cc(C(F)(F)F)c2)c1=O. The molecular formula is C21H19F6N3O3. The Morgan fingerprint density at radius 3 is 1.91 bits per heavy atom. The Balaban J connectivity index is 1.96. The second-order valence-corrected chi connectivity index (χ2v) is 7.66. The van der Waals surface area contributed by atoms with E-state index in [1.54, 1.807) is 4.90 Å². The van der Waals surface area contributed by atoms with E-state index in [1.807, 2.05) is 5.32 Å². The zero-order valence-corrected chi connectivity index (χ0v) is 17.3. The van der Waals surface area contributed by atoms with Crippen molar-refractivity contribution in [1.29, 1.82) is 0 Å². The first-order valence-corrected chi connectivity index (χ1v) is 9.88. The van der Waals surface area contributed by atoms with Gasteiger partial charge in [-0.15, -0.1) is 0 Å². The lowest BCUT2D eigenvalue weighted by atomic mass is 10.0. The molecule has 2 aromatic rings. The second kappa shape index (κ2) is 8.91. The van der Waals surface area contributed by atoms with Gasteiger partial charge in [-0.3, -0.25) is 14.4 Å². The minimum Gasteiger partial charge on any atom is -0.339 e.